The van der Waals surface area contributed by atoms with Crippen LogP contribution in [0.1, 0.15) is 25.7 Å². The van der Waals surface area contributed by atoms with Gasteiger partial charge in [-0.05, 0) is 18.4 Å². The van der Waals surface area contributed by atoms with Gasteiger partial charge in [-0.3, -0.25) is 14.2 Å². The molecule has 0 N–H and O–H groups in total. The van der Waals surface area contributed by atoms with Gasteiger partial charge in [-0.15, -0.1) is 11.3 Å². The van der Waals surface area contributed by atoms with E-state index < -0.39 is 0 Å². The topological polar surface area (TPSA) is 52.0 Å². The minimum atomic E-state index is -0.0714. The van der Waals surface area contributed by atoms with Gasteiger partial charge in [-0.25, -0.2) is 4.98 Å². The number of rotatable bonds is 3. The highest BCUT2D eigenvalue weighted by Crippen LogP contribution is 2.34. The molecule has 1 saturated carbocycles. The molecule has 4 rings (SSSR count). The molecule has 1 aliphatic carbocycles. The van der Waals surface area contributed by atoms with Crippen molar-refractivity contribution in [1.82, 2.24) is 9.55 Å². The molecule has 2 heterocycles. The van der Waals surface area contributed by atoms with E-state index in [-0.39, 0.29) is 16.6 Å². The maximum atomic E-state index is 13.0. The number of hydrogen-bond acceptors (Lipinski definition) is 5. The molecule has 128 valence electrons. The van der Waals surface area contributed by atoms with Gasteiger partial charge in [-0.1, -0.05) is 48.5 Å². The van der Waals surface area contributed by atoms with Crippen LogP contribution in [0.3, 0.4) is 0 Å². The molecule has 4 nitrogen and oxygen atoms in total. The lowest BCUT2D eigenvalue weighted by atomic mass is 9.99. The van der Waals surface area contributed by atoms with Crippen molar-refractivity contribution in [2.75, 3.05) is 0 Å². The van der Waals surface area contributed by atoms with Gasteiger partial charge in [0.05, 0.1) is 10.6 Å². The number of nitrogens with zero attached hydrogens (tertiary/aromatic N) is 2. The Bertz CT molecular complexity index is 992. The summed E-state index contributed by atoms with van der Waals surface area (Å²) < 4.78 is 1.59. The molecular weight excluding hydrogens is 352 g/mol. The van der Waals surface area contributed by atoms with E-state index in [0.717, 1.165) is 35.2 Å². The lowest BCUT2D eigenvalue weighted by Gasteiger charge is -2.20. The van der Waals surface area contributed by atoms with Crippen molar-refractivity contribution in [3.8, 4) is 11.1 Å². The van der Waals surface area contributed by atoms with Gasteiger partial charge in [-0.2, -0.15) is 0 Å². The fourth-order valence-corrected chi connectivity index (χ4v) is 5.36. The molecule has 0 bridgehead atoms. The first-order chi connectivity index (χ1) is 12.1. The van der Waals surface area contributed by atoms with Crippen LogP contribution < -0.4 is 5.56 Å². The Hall–Kier alpha value is -1.92. The van der Waals surface area contributed by atoms with Crippen molar-refractivity contribution in [2.45, 2.75) is 36.1 Å². The zero-order valence-electron chi connectivity index (χ0n) is 13.9. The van der Waals surface area contributed by atoms with E-state index in [0.29, 0.717) is 17.0 Å². The molecule has 1 unspecified atom stereocenters. The Morgan fingerprint density at radius 2 is 2.00 bits per heavy atom. The van der Waals surface area contributed by atoms with E-state index in [1.165, 1.54) is 23.1 Å². The molecular formula is C19H18N2O2S2. The summed E-state index contributed by atoms with van der Waals surface area (Å²) in [5, 5.41) is 3.23. The molecule has 0 amide bonds. The number of aromatic nitrogens is 2. The van der Waals surface area contributed by atoms with Crippen LogP contribution in [-0.4, -0.2) is 20.6 Å². The number of thiophene rings is 1. The number of carbonyl (C=O) groups is 1. The molecule has 1 atom stereocenters. The fourth-order valence-electron chi connectivity index (χ4n) is 3.19. The number of fused-ring (bicyclic) bond motifs is 1. The Morgan fingerprint density at radius 3 is 2.76 bits per heavy atom. The highest BCUT2D eigenvalue weighted by Gasteiger charge is 2.25. The molecule has 1 aliphatic rings. The van der Waals surface area contributed by atoms with E-state index in [1.54, 1.807) is 11.6 Å². The van der Waals surface area contributed by atoms with Gasteiger partial charge < -0.3 is 0 Å². The Labute approximate surface area is 153 Å². The number of ketones is 1. The molecule has 3 aromatic rings. The number of benzene rings is 1. The van der Waals surface area contributed by atoms with Crippen LogP contribution in [0.4, 0.5) is 0 Å². The number of carbonyl (C=O) groups excluding carboxylic acids is 1. The highest BCUT2D eigenvalue weighted by atomic mass is 32.2. The van der Waals surface area contributed by atoms with E-state index in [9.17, 15) is 9.59 Å². The van der Waals surface area contributed by atoms with Crippen LogP contribution in [0.15, 0.2) is 45.7 Å². The summed E-state index contributed by atoms with van der Waals surface area (Å²) >= 11 is 2.93. The normalized spacial score (nSPS) is 18.0. The van der Waals surface area contributed by atoms with Gasteiger partial charge in [0.15, 0.2) is 5.16 Å². The summed E-state index contributed by atoms with van der Waals surface area (Å²) in [6.07, 6.45) is 3.56. The summed E-state index contributed by atoms with van der Waals surface area (Å²) in [7, 11) is 1.75. The molecule has 0 saturated heterocycles. The average molecular weight is 370 g/mol. The minimum absolute atomic E-state index is 0.0455. The largest absolute Gasteiger partial charge is 0.298 e. The summed E-state index contributed by atoms with van der Waals surface area (Å²) in [5.41, 5.74) is 1.91. The zero-order chi connectivity index (χ0) is 17.4. The standard InChI is InChI=1S/C19H18N2O2S2/c1-21-18(23)16-13(12-7-3-2-4-8-12)11-24-17(16)20-19(21)25-15-10-6-5-9-14(15)22/h2-4,7-8,11,15H,5-6,9-10H2,1H3. The summed E-state index contributed by atoms with van der Waals surface area (Å²) in [6, 6.07) is 9.91. The van der Waals surface area contributed by atoms with E-state index >= 15 is 0 Å². The highest BCUT2D eigenvalue weighted by molar-refractivity contribution is 8.00. The second-order valence-electron chi connectivity index (χ2n) is 6.27. The predicted molar refractivity (Wildman–Crippen MR) is 103 cm³/mol. The van der Waals surface area contributed by atoms with Gasteiger partial charge in [0.25, 0.3) is 5.56 Å². The molecule has 2 aromatic heterocycles. The maximum Gasteiger partial charge on any atom is 0.263 e. The van der Waals surface area contributed by atoms with Gasteiger partial charge in [0, 0.05) is 24.4 Å². The SMILES string of the molecule is Cn1c(SC2CCCCC2=O)nc2scc(-c3ccccc3)c2c1=O. The summed E-state index contributed by atoms with van der Waals surface area (Å²) in [4.78, 5) is 30.5. The third kappa shape index (κ3) is 3.04. The average Bonchev–Trinajstić information content (AvgIpc) is 3.06. The first-order valence-electron chi connectivity index (χ1n) is 8.38. The molecule has 1 aromatic carbocycles. The Morgan fingerprint density at radius 1 is 1.20 bits per heavy atom. The smallest absolute Gasteiger partial charge is 0.263 e. The maximum absolute atomic E-state index is 13.0. The van der Waals surface area contributed by atoms with Crippen LogP contribution in [0.5, 0.6) is 0 Å². The van der Waals surface area contributed by atoms with Crippen molar-refractivity contribution < 1.29 is 4.79 Å². The van der Waals surface area contributed by atoms with Crippen LogP contribution in [0, 0.1) is 0 Å². The molecule has 6 heteroatoms. The van der Waals surface area contributed by atoms with Crippen LogP contribution in [-0.2, 0) is 11.8 Å². The molecule has 0 aliphatic heterocycles. The van der Waals surface area contributed by atoms with Gasteiger partial charge in [0.2, 0.25) is 0 Å². The number of Topliss-reactive ketones (excluding diaryl/α,β-unsaturated/α-hetero) is 1. The Kier molecular flexibility index (Phi) is 4.48. The zero-order valence-corrected chi connectivity index (χ0v) is 15.5. The first kappa shape index (κ1) is 16.5. The second-order valence-corrected chi connectivity index (χ2v) is 8.30. The van der Waals surface area contributed by atoms with Crippen molar-refractivity contribution >= 4 is 39.1 Å². The number of hydrogen-bond donors (Lipinski definition) is 0. The van der Waals surface area contributed by atoms with Crippen molar-refractivity contribution in [3.05, 3.63) is 46.1 Å². The summed E-state index contributed by atoms with van der Waals surface area (Å²) in [5.74, 6) is 0.279. The van der Waals surface area contributed by atoms with E-state index in [4.69, 9.17) is 4.98 Å². The molecule has 0 radical (unpaired) electrons. The first-order valence-corrected chi connectivity index (χ1v) is 10.1. The number of thioether (sulfide) groups is 1. The minimum Gasteiger partial charge on any atom is -0.298 e. The van der Waals surface area contributed by atoms with Crippen molar-refractivity contribution in [2.24, 2.45) is 7.05 Å². The summed E-state index contributed by atoms with van der Waals surface area (Å²) in [6.45, 7) is 0. The fraction of sp³-hybridized carbons (Fsp3) is 0.316. The van der Waals surface area contributed by atoms with Crippen molar-refractivity contribution in [1.29, 1.82) is 0 Å². The second kappa shape index (κ2) is 6.77. The van der Waals surface area contributed by atoms with Crippen molar-refractivity contribution in [3.63, 3.8) is 0 Å². The third-order valence-electron chi connectivity index (χ3n) is 4.61. The Balaban J connectivity index is 1.78. The van der Waals surface area contributed by atoms with Crippen LogP contribution >= 0.6 is 23.1 Å². The predicted octanol–water partition coefficient (Wildman–Crippen LogP) is 4.27. The molecule has 25 heavy (non-hydrogen) atoms. The van der Waals surface area contributed by atoms with Crippen LogP contribution in [0.25, 0.3) is 21.3 Å². The van der Waals surface area contributed by atoms with Gasteiger partial charge >= 0.3 is 0 Å². The van der Waals surface area contributed by atoms with Gasteiger partial charge in [0.1, 0.15) is 10.6 Å². The molecule has 0 spiro atoms. The third-order valence-corrected chi connectivity index (χ3v) is 6.84. The van der Waals surface area contributed by atoms with E-state index in [1.807, 2.05) is 35.7 Å². The monoisotopic (exact) mass is 370 g/mol. The lowest BCUT2D eigenvalue weighted by molar-refractivity contribution is -0.119. The van der Waals surface area contributed by atoms with E-state index in [2.05, 4.69) is 0 Å². The quantitative estimate of drug-likeness (QED) is 0.646. The van der Waals surface area contributed by atoms with Crippen LogP contribution in [0.2, 0.25) is 0 Å². The molecule has 1 fully saturated rings. The lowest BCUT2D eigenvalue weighted by Crippen LogP contribution is -2.25.